The van der Waals surface area contributed by atoms with E-state index < -0.39 is 0 Å². The van der Waals surface area contributed by atoms with Crippen molar-refractivity contribution in [2.45, 2.75) is 72.8 Å². The highest BCUT2D eigenvalue weighted by atomic mass is 35.5. The minimum absolute atomic E-state index is 0.103. The number of nitrogens with one attached hydrogen (secondary N) is 1. The first kappa shape index (κ1) is 17.2. The summed E-state index contributed by atoms with van der Waals surface area (Å²) in [7, 11) is 0. The lowest BCUT2D eigenvalue weighted by atomic mass is 9.95. The van der Waals surface area contributed by atoms with Gasteiger partial charge in [0.15, 0.2) is 0 Å². The zero-order valence-electron chi connectivity index (χ0n) is 13.8. The lowest BCUT2D eigenvalue weighted by Crippen LogP contribution is -2.23. The van der Waals surface area contributed by atoms with Crippen LogP contribution in [0.4, 0.5) is 5.82 Å². The van der Waals surface area contributed by atoms with E-state index >= 15 is 0 Å². The maximum absolute atomic E-state index is 6.25. The molecule has 0 saturated heterocycles. The van der Waals surface area contributed by atoms with Gasteiger partial charge in [-0.1, -0.05) is 52.6 Å². The highest BCUT2D eigenvalue weighted by Crippen LogP contribution is 2.27. The Morgan fingerprint density at radius 1 is 1.20 bits per heavy atom. The molecule has 114 valence electrons. The number of hydrogen-bond donors (Lipinski definition) is 1. The van der Waals surface area contributed by atoms with E-state index in [2.05, 4.69) is 56.8 Å². The molecule has 0 fully saturated rings. The molecule has 1 aromatic rings. The molecule has 20 heavy (non-hydrogen) atoms. The van der Waals surface area contributed by atoms with Gasteiger partial charge in [-0.15, -0.1) is 0 Å². The zero-order chi connectivity index (χ0) is 15.5. The summed E-state index contributed by atoms with van der Waals surface area (Å²) in [6.45, 7) is 15.0. The topological polar surface area (TPSA) is 37.8 Å². The third-order valence-corrected chi connectivity index (χ3v) is 3.96. The molecule has 0 bridgehead atoms. The van der Waals surface area contributed by atoms with E-state index in [1.165, 1.54) is 6.42 Å². The second-order valence-electron chi connectivity index (χ2n) is 6.86. The van der Waals surface area contributed by atoms with Crippen molar-refractivity contribution in [1.82, 2.24) is 9.97 Å². The van der Waals surface area contributed by atoms with Crippen molar-refractivity contribution in [3.05, 3.63) is 16.5 Å². The van der Waals surface area contributed by atoms with E-state index in [4.69, 9.17) is 11.6 Å². The van der Waals surface area contributed by atoms with E-state index in [-0.39, 0.29) is 5.41 Å². The largest absolute Gasteiger partial charge is 0.367 e. The van der Waals surface area contributed by atoms with E-state index in [1.54, 1.807) is 0 Å². The van der Waals surface area contributed by atoms with Crippen LogP contribution in [0.15, 0.2) is 0 Å². The summed E-state index contributed by atoms with van der Waals surface area (Å²) < 4.78 is 0. The second kappa shape index (κ2) is 6.75. The maximum Gasteiger partial charge on any atom is 0.137 e. The Morgan fingerprint density at radius 2 is 1.80 bits per heavy atom. The van der Waals surface area contributed by atoms with Gasteiger partial charge in [-0.3, -0.25) is 0 Å². The van der Waals surface area contributed by atoms with E-state index in [0.717, 1.165) is 23.6 Å². The van der Waals surface area contributed by atoms with Crippen LogP contribution in [-0.4, -0.2) is 16.0 Å². The molecular formula is C16H28ClN3. The SMILES string of the molecule is CCC(C)CC(C)Nc1nc(C(C)(C)C)nc(Cl)c1C. The van der Waals surface area contributed by atoms with E-state index in [0.29, 0.717) is 17.1 Å². The predicted molar refractivity (Wildman–Crippen MR) is 87.6 cm³/mol. The van der Waals surface area contributed by atoms with Crippen molar-refractivity contribution < 1.29 is 0 Å². The van der Waals surface area contributed by atoms with Crippen LogP contribution in [0.3, 0.4) is 0 Å². The second-order valence-corrected chi connectivity index (χ2v) is 7.21. The molecule has 0 spiro atoms. The fraction of sp³-hybridized carbons (Fsp3) is 0.750. The minimum Gasteiger partial charge on any atom is -0.367 e. The highest BCUT2D eigenvalue weighted by molar-refractivity contribution is 6.30. The summed E-state index contributed by atoms with van der Waals surface area (Å²) in [4.78, 5) is 9.07. The van der Waals surface area contributed by atoms with E-state index in [1.807, 2.05) is 6.92 Å². The molecule has 1 heterocycles. The van der Waals surface area contributed by atoms with Crippen molar-refractivity contribution in [3.8, 4) is 0 Å². The Kier molecular flexibility index (Phi) is 5.81. The molecule has 4 heteroatoms. The van der Waals surface area contributed by atoms with Crippen molar-refractivity contribution in [1.29, 1.82) is 0 Å². The van der Waals surface area contributed by atoms with Crippen LogP contribution in [0.2, 0.25) is 5.15 Å². The van der Waals surface area contributed by atoms with Crippen molar-refractivity contribution >= 4 is 17.4 Å². The molecule has 0 radical (unpaired) electrons. The van der Waals surface area contributed by atoms with Gasteiger partial charge in [0.25, 0.3) is 0 Å². The lowest BCUT2D eigenvalue weighted by Gasteiger charge is -2.22. The summed E-state index contributed by atoms with van der Waals surface area (Å²) >= 11 is 6.25. The highest BCUT2D eigenvalue weighted by Gasteiger charge is 2.21. The standard InChI is InChI=1S/C16H28ClN3/c1-8-10(2)9-11(3)18-14-12(4)13(17)19-15(20-14)16(5,6)7/h10-11H,8-9H2,1-7H3,(H,18,19,20). The summed E-state index contributed by atoms with van der Waals surface area (Å²) in [5.41, 5.74) is 0.823. The van der Waals surface area contributed by atoms with Crippen LogP contribution in [0.1, 0.15) is 65.8 Å². The molecule has 2 unspecified atom stereocenters. The van der Waals surface area contributed by atoms with Crippen molar-refractivity contribution in [3.63, 3.8) is 0 Å². The van der Waals surface area contributed by atoms with E-state index in [9.17, 15) is 0 Å². The lowest BCUT2D eigenvalue weighted by molar-refractivity contribution is 0.482. The number of aromatic nitrogens is 2. The number of rotatable bonds is 5. The van der Waals surface area contributed by atoms with Crippen LogP contribution in [-0.2, 0) is 5.41 Å². The Labute approximate surface area is 128 Å². The van der Waals surface area contributed by atoms with Gasteiger partial charge in [0, 0.05) is 17.0 Å². The average molecular weight is 298 g/mol. The van der Waals surface area contributed by atoms with Gasteiger partial charge in [-0.05, 0) is 26.2 Å². The van der Waals surface area contributed by atoms with Gasteiger partial charge in [0.05, 0.1) is 0 Å². The minimum atomic E-state index is -0.103. The summed E-state index contributed by atoms with van der Waals surface area (Å²) in [5.74, 6) is 2.36. The monoisotopic (exact) mass is 297 g/mol. The Morgan fingerprint density at radius 3 is 2.30 bits per heavy atom. The van der Waals surface area contributed by atoms with Crippen molar-refractivity contribution in [2.75, 3.05) is 5.32 Å². The molecule has 0 aliphatic carbocycles. The Bertz CT molecular complexity index is 452. The Balaban J connectivity index is 2.97. The molecule has 1 rings (SSSR count). The van der Waals surface area contributed by atoms with Gasteiger partial charge >= 0.3 is 0 Å². The third-order valence-electron chi connectivity index (χ3n) is 3.59. The average Bonchev–Trinajstić information content (AvgIpc) is 2.33. The van der Waals surface area contributed by atoms with Crippen LogP contribution in [0.25, 0.3) is 0 Å². The van der Waals surface area contributed by atoms with Gasteiger partial charge in [-0.25, -0.2) is 9.97 Å². The fourth-order valence-electron chi connectivity index (χ4n) is 2.03. The molecule has 0 aromatic carbocycles. The first-order chi connectivity index (χ1) is 9.15. The van der Waals surface area contributed by atoms with Gasteiger partial charge in [-0.2, -0.15) is 0 Å². The predicted octanol–water partition coefficient (Wildman–Crippen LogP) is 4.97. The number of nitrogens with zero attached hydrogens (tertiary/aromatic N) is 2. The fourth-order valence-corrected chi connectivity index (χ4v) is 2.20. The number of anilines is 1. The van der Waals surface area contributed by atoms with Gasteiger partial charge in [0.1, 0.15) is 16.8 Å². The van der Waals surface area contributed by atoms with Gasteiger partial charge < -0.3 is 5.32 Å². The molecule has 0 saturated carbocycles. The number of hydrogen-bond acceptors (Lipinski definition) is 3. The molecule has 0 aliphatic rings. The van der Waals surface area contributed by atoms with Crippen LogP contribution >= 0.6 is 11.6 Å². The summed E-state index contributed by atoms with van der Waals surface area (Å²) in [6, 6.07) is 0.377. The maximum atomic E-state index is 6.25. The molecule has 1 aromatic heterocycles. The van der Waals surface area contributed by atoms with Crippen LogP contribution in [0, 0.1) is 12.8 Å². The molecule has 3 nitrogen and oxygen atoms in total. The number of halogens is 1. The first-order valence-electron chi connectivity index (χ1n) is 7.46. The van der Waals surface area contributed by atoms with Crippen molar-refractivity contribution in [2.24, 2.45) is 5.92 Å². The quantitative estimate of drug-likeness (QED) is 0.780. The van der Waals surface area contributed by atoms with Gasteiger partial charge in [0.2, 0.25) is 0 Å². The molecule has 0 aliphatic heterocycles. The molecular weight excluding hydrogens is 270 g/mol. The zero-order valence-corrected chi connectivity index (χ0v) is 14.6. The first-order valence-corrected chi connectivity index (χ1v) is 7.84. The molecule has 2 atom stereocenters. The van der Waals surface area contributed by atoms with Crippen LogP contribution < -0.4 is 5.32 Å². The van der Waals surface area contributed by atoms with Crippen LogP contribution in [0.5, 0.6) is 0 Å². The molecule has 1 N–H and O–H groups in total. The Hall–Kier alpha value is -0.830. The summed E-state index contributed by atoms with van der Waals surface area (Å²) in [5, 5.41) is 4.04. The smallest absolute Gasteiger partial charge is 0.137 e. The summed E-state index contributed by atoms with van der Waals surface area (Å²) in [6.07, 6.45) is 2.32. The third kappa shape index (κ3) is 4.62. The molecule has 0 amide bonds. The normalized spacial score (nSPS) is 15.0.